The number of benzene rings is 1. The van der Waals surface area contributed by atoms with Crippen LogP contribution in [0.5, 0.6) is 0 Å². The lowest BCUT2D eigenvalue weighted by Crippen LogP contribution is -2.42. The third-order valence-corrected chi connectivity index (χ3v) is 4.94. The van der Waals surface area contributed by atoms with Crippen LogP contribution in [0.3, 0.4) is 0 Å². The minimum Gasteiger partial charge on any atom is -0.351 e. The first-order valence-corrected chi connectivity index (χ1v) is 9.31. The van der Waals surface area contributed by atoms with Crippen molar-refractivity contribution in [2.24, 2.45) is 0 Å². The SMILES string of the molecule is C[C@H]1CCCCN1CCNC(=O)c1ccc(NC(=O)NC2CC2)cc1. The third-order valence-electron chi connectivity index (χ3n) is 4.94. The molecule has 0 aromatic heterocycles. The number of hydrogen-bond donors (Lipinski definition) is 3. The molecule has 136 valence electrons. The van der Waals surface area contributed by atoms with Gasteiger partial charge in [-0.2, -0.15) is 0 Å². The van der Waals surface area contributed by atoms with Crippen LogP contribution in [0, 0.1) is 0 Å². The summed E-state index contributed by atoms with van der Waals surface area (Å²) in [6.07, 6.45) is 5.92. The lowest BCUT2D eigenvalue weighted by molar-refractivity contribution is 0.0938. The topological polar surface area (TPSA) is 73.5 Å². The van der Waals surface area contributed by atoms with Gasteiger partial charge < -0.3 is 16.0 Å². The molecule has 2 fully saturated rings. The lowest BCUT2D eigenvalue weighted by Gasteiger charge is -2.33. The molecule has 0 spiro atoms. The molecule has 1 saturated heterocycles. The van der Waals surface area contributed by atoms with E-state index in [4.69, 9.17) is 0 Å². The second-order valence-electron chi connectivity index (χ2n) is 7.09. The largest absolute Gasteiger partial charge is 0.351 e. The fourth-order valence-electron chi connectivity index (χ4n) is 3.19. The number of nitrogens with zero attached hydrogens (tertiary/aromatic N) is 1. The molecule has 0 radical (unpaired) electrons. The van der Waals surface area contributed by atoms with Gasteiger partial charge in [0.05, 0.1) is 0 Å². The Hall–Kier alpha value is -2.08. The van der Waals surface area contributed by atoms with Crippen LogP contribution in [0.25, 0.3) is 0 Å². The van der Waals surface area contributed by atoms with Crippen molar-refractivity contribution in [3.63, 3.8) is 0 Å². The molecule has 1 aromatic carbocycles. The van der Waals surface area contributed by atoms with Crippen molar-refractivity contribution < 1.29 is 9.59 Å². The average Bonchev–Trinajstić information content (AvgIpc) is 3.41. The first kappa shape index (κ1) is 17.7. The first-order valence-electron chi connectivity index (χ1n) is 9.31. The van der Waals surface area contributed by atoms with Gasteiger partial charge in [0.25, 0.3) is 5.91 Å². The van der Waals surface area contributed by atoms with E-state index in [1.54, 1.807) is 24.3 Å². The van der Waals surface area contributed by atoms with E-state index in [2.05, 4.69) is 27.8 Å². The van der Waals surface area contributed by atoms with E-state index < -0.39 is 0 Å². The molecule has 0 bridgehead atoms. The van der Waals surface area contributed by atoms with Crippen LogP contribution >= 0.6 is 0 Å². The first-order chi connectivity index (χ1) is 12.1. The van der Waals surface area contributed by atoms with E-state index in [-0.39, 0.29) is 11.9 Å². The summed E-state index contributed by atoms with van der Waals surface area (Å²) in [4.78, 5) is 26.4. The van der Waals surface area contributed by atoms with Gasteiger partial charge in [-0.15, -0.1) is 0 Å². The molecule has 1 aliphatic carbocycles. The lowest BCUT2D eigenvalue weighted by atomic mass is 10.0. The molecule has 1 atom stereocenters. The van der Waals surface area contributed by atoms with Crippen LogP contribution in [-0.4, -0.2) is 48.6 Å². The average molecular weight is 344 g/mol. The zero-order chi connectivity index (χ0) is 17.6. The molecular weight excluding hydrogens is 316 g/mol. The third kappa shape index (κ3) is 5.46. The van der Waals surface area contributed by atoms with Gasteiger partial charge in [-0.25, -0.2) is 4.79 Å². The van der Waals surface area contributed by atoms with Crippen LogP contribution in [0.4, 0.5) is 10.5 Å². The molecule has 1 saturated carbocycles. The van der Waals surface area contributed by atoms with Crippen molar-refractivity contribution in [1.29, 1.82) is 0 Å². The number of hydrogen-bond acceptors (Lipinski definition) is 3. The number of likely N-dealkylation sites (tertiary alicyclic amines) is 1. The number of rotatable bonds is 6. The van der Waals surface area contributed by atoms with Crippen LogP contribution in [0.1, 0.15) is 49.4 Å². The van der Waals surface area contributed by atoms with E-state index in [1.165, 1.54) is 19.3 Å². The minimum absolute atomic E-state index is 0.0707. The Labute approximate surface area is 149 Å². The van der Waals surface area contributed by atoms with Crippen LogP contribution in [0.2, 0.25) is 0 Å². The number of amides is 3. The maximum absolute atomic E-state index is 12.2. The Balaban J connectivity index is 1.41. The fourth-order valence-corrected chi connectivity index (χ4v) is 3.19. The van der Waals surface area contributed by atoms with Crippen molar-refractivity contribution >= 4 is 17.6 Å². The highest BCUT2D eigenvalue weighted by Gasteiger charge is 2.23. The number of carbonyl (C=O) groups is 2. The summed E-state index contributed by atoms with van der Waals surface area (Å²) in [6.45, 7) is 4.94. The molecule has 6 nitrogen and oxygen atoms in total. The molecule has 2 aliphatic rings. The number of carbonyl (C=O) groups excluding carboxylic acids is 2. The second kappa shape index (κ2) is 8.34. The molecule has 1 heterocycles. The van der Waals surface area contributed by atoms with Crippen molar-refractivity contribution in [1.82, 2.24) is 15.5 Å². The van der Waals surface area contributed by atoms with Crippen molar-refractivity contribution in [2.45, 2.75) is 51.1 Å². The van der Waals surface area contributed by atoms with Gasteiger partial charge >= 0.3 is 6.03 Å². The highest BCUT2D eigenvalue weighted by Crippen LogP contribution is 2.19. The molecule has 0 unspecified atom stereocenters. The molecule has 1 aromatic rings. The monoisotopic (exact) mass is 344 g/mol. The highest BCUT2D eigenvalue weighted by atomic mass is 16.2. The van der Waals surface area contributed by atoms with E-state index in [9.17, 15) is 9.59 Å². The summed E-state index contributed by atoms with van der Waals surface area (Å²) >= 11 is 0. The smallest absolute Gasteiger partial charge is 0.319 e. The summed E-state index contributed by atoms with van der Waals surface area (Å²) < 4.78 is 0. The second-order valence-corrected chi connectivity index (χ2v) is 7.09. The summed E-state index contributed by atoms with van der Waals surface area (Å²) in [7, 11) is 0. The van der Waals surface area contributed by atoms with E-state index in [0.717, 1.165) is 25.9 Å². The van der Waals surface area contributed by atoms with Gasteiger partial charge in [-0.1, -0.05) is 6.42 Å². The van der Waals surface area contributed by atoms with Crippen molar-refractivity contribution in [3.8, 4) is 0 Å². The van der Waals surface area contributed by atoms with E-state index in [0.29, 0.717) is 29.9 Å². The molecule has 3 amide bonds. The molecule has 1 aliphatic heterocycles. The van der Waals surface area contributed by atoms with Gasteiger partial charge in [-0.05, 0) is 63.4 Å². The Kier molecular flexibility index (Phi) is 5.91. The molecular formula is C19H28N4O2. The Morgan fingerprint density at radius 1 is 1.12 bits per heavy atom. The van der Waals surface area contributed by atoms with Gasteiger partial charge in [0.15, 0.2) is 0 Å². The minimum atomic E-state index is -0.185. The van der Waals surface area contributed by atoms with Crippen molar-refractivity contribution in [3.05, 3.63) is 29.8 Å². The Morgan fingerprint density at radius 3 is 2.56 bits per heavy atom. The molecule has 25 heavy (non-hydrogen) atoms. The molecule has 3 rings (SSSR count). The van der Waals surface area contributed by atoms with E-state index in [1.807, 2.05) is 0 Å². The molecule has 6 heteroatoms. The number of piperidine rings is 1. The zero-order valence-electron chi connectivity index (χ0n) is 14.9. The van der Waals surface area contributed by atoms with Gasteiger partial charge in [0, 0.05) is 36.4 Å². The summed E-state index contributed by atoms with van der Waals surface area (Å²) in [6, 6.07) is 7.75. The quantitative estimate of drug-likeness (QED) is 0.742. The summed E-state index contributed by atoms with van der Waals surface area (Å²) in [5.74, 6) is -0.0707. The molecule has 3 N–H and O–H groups in total. The summed E-state index contributed by atoms with van der Waals surface area (Å²) in [5.41, 5.74) is 1.30. The van der Waals surface area contributed by atoms with Crippen LogP contribution in [-0.2, 0) is 0 Å². The Bertz CT molecular complexity index is 598. The predicted octanol–water partition coefficient (Wildman–Crippen LogP) is 2.57. The van der Waals surface area contributed by atoms with Crippen LogP contribution in [0.15, 0.2) is 24.3 Å². The van der Waals surface area contributed by atoms with Gasteiger partial charge in [0.2, 0.25) is 0 Å². The highest BCUT2D eigenvalue weighted by molar-refractivity contribution is 5.95. The van der Waals surface area contributed by atoms with Crippen molar-refractivity contribution in [2.75, 3.05) is 25.0 Å². The maximum atomic E-state index is 12.2. The maximum Gasteiger partial charge on any atom is 0.319 e. The number of nitrogens with one attached hydrogen (secondary N) is 3. The van der Waals surface area contributed by atoms with Gasteiger partial charge in [0.1, 0.15) is 0 Å². The number of anilines is 1. The summed E-state index contributed by atoms with van der Waals surface area (Å²) in [5, 5.41) is 8.63. The van der Waals surface area contributed by atoms with E-state index >= 15 is 0 Å². The standard InChI is InChI=1S/C19H28N4O2/c1-14-4-2-3-12-23(14)13-11-20-18(24)15-5-7-16(8-6-15)21-19(25)22-17-9-10-17/h5-8,14,17H,2-4,9-13H2,1H3,(H,20,24)(H2,21,22,25)/t14-/m0/s1. The Morgan fingerprint density at radius 2 is 1.88 bits per heavy atom. The number of urea groups is 1. The predicted molar refractivity (Wildman–Crippen MR) is 98.8 cm³/mol. The zero-order valence-corrected chi connectivity index (χ0v) is 14.9. The van der Waals surface area contributed by atoms with Crippen LogP contribution < -0.4 is 16.0 Å². The van der Waals surface area contributed by atoms with Gasteiger partial charge in [-0.3, -0.25) is 9.69 Å². The fraction of sp³-hybridized carbons (Fsp3) is 0.579. The normalized spacial score (nSPS) is 20.8.